The van der Waals surface area contributed by atoms with E-state index in [1.54, 1.807) is 12.3 Å². The van der Waals surface area contributed by atoms with Crippen LogP contribution < -0.4 is 16.4 Å². The summed E-state index contributed by atoms with van der Waals surface area (Å²) in [5.41, 5.74) is 9.51. The number of nitrogens with one attached hydrogen (secondary N) is 2. The van der Waals surface area contributed by atoms with Crippen LogP contribution in [0.5, 0.6) is 0 Å². The number of aromatic nitrogens is 4. The predicted octanol–water partition coefficient (Wildman–Crippen LogP) is 4.03. The summed E-state index contributed by atoms with van der Waals surface area (Å²) in [7, 11) is 0. The molecule has 9 heteroatoms. The molecule has 2 aromatic carbocycles. The van der Waals surface area contributed by atoms with Crippen LogP contribution in [-0.2, 0) is 13.1 Å². The van der Waals surface area contributed by atoms with Crippen molar-refractivity contribution in [2.24, 2.45) is 5.73 Å². The first-order chi connectivity index (χ1) is 14.1. The zero-order valence-electron chi connectivity index (χ0n) is 15.2. The summed E-state index contributed by atoms with van der Waals surface area (Å²) in [4.78, 5) is 17.3. The smallest absolute Gasteiger partial charge is 0.223 e. The minimum atomic E-state index is -0.489. The van der Waals surface area contributed by atoms with E-state index in [1.165, 1.54) is 18.5 Å². The molecule has 2 heterocycles. The number of hydrogen-bond acceptors (Lipinski definition) is 7. The monoisotopic (exact) mass is 409 g/mol. The number of rotatable bonds is 6. The molecular weight excluding hydrogens is 393 g/mol. The molecule has 0 aliphatic heterocycles. The van der Waals surface area contributed by atoms with Crippen LogP contribution in [-0.4, -0.2) is 19.9 Å². The van der Waals surface area contributed by atoms with Gasteiger partial charge in [0.15, 0.2) is 5.82 Å². The van der Waals surface area contributed by atoms with Crippen molar-refractivity contribution in [3.8, 4) is 0 Å². The Labute approximate surface area is 171 Å². The molecule has 0 unspecified atom stereocenters. The highest BCUT2D eigenvalue weighted by atomic mass is 35.5. The molecule has 0 bridgehead atoms. The van der Waals surface area contributed by atoms with E-state index in [0.29, 0.717) is 41.6 Å². The number of nitrogens with zero attached hydrogens (tertiary/aromatic N) is 4. The number of hydrogen-bond donors (Lipinski definition) is 3. The molecule has 0 aliphatic carbocycles. The Morgan fingerprint density at radius 2 is 1.90 bits per heavy atom. The molecule has 0 radical (unpaired) electrons. The molecule has 4 N–H and O–H groups in total. The molecule has 7 nitrogen and oxygen atoms in total. The summed E-state index contributed by atoms with van der Waals surface area (Å²) in [5.74, 6) is 0.413. The molecule has 0 aliphatic rings. The normalized spacial score (nSPS) is 10.9. The van der Waals surface area contributed by atoms with Crippen molar-refractivity contribution >= 4 is 40.1 Å². The highest BCUT2D eigenvalue weighted by Crippen LogP contribution is 2.25. The Kier molecular flexibility index (Phi) is 5.46. The molecule has 146 valence electrons. The number of fused-ring (bicyclic) bond motifs is 1. The molecule has 0 fully saturated rings. The number of nitrogens with two attached hydrogens (primary N) is 1. The topological polar surface area (TPSA) is 102 Å². The molecule has 0 saturated heterocycles. The van der Waals surface area contributed by atoms with Gasteiger partial charge in [-0.3, -0.25) is 0 Å². The lowest BCUT2D eigenvalue weighted by Gasteiger charge is -2.10. The van der Waals surface area contributed by atoms with E-state index in [2.05, 4.69) is 30.6 Å². The lowest BCUT2D eigenvalue weighted by Crippen LogP contribution is -2.06. The maximum atomic E-state index is 13.4. The molecule has 0 spiro atoms. The highest BCUT2D eigenvalue weighted by molar-refractivity contribution is 6.31. The molecule has 0 atom stereocenters. The van der Waals surface area contributed by atoms with Gasteiger partial charge in [0.25, 0.3) is 0 Å². The first-order valence-corrected chi connectivity index (χ1v) is 9.22. The zero-order chi connectivity index (χ0) is 20.2. The largest absolute Gasteiger partial charge is 0.350 e. The third kappa shape index (κ3) is 4.39. The van der Waals surface area contributed by atoms with Crippen molar-refractivity contribution in [2.75, 3.05) is 10.6 Å². The molecular formula is C20H17ClFN7. The van der Waals surface area contributed by atoms with Crippen molar-refractivity contribution in [2.45, 2.75) is 13.1 Å². The third-order valence-electron chi connectivity index (χ3n) is 4.24. The van der Waals surface area contributed by atoms with E-state index in [0.717, 1.165) is 11.1 Å². The van der Waals surface area contributed by atoms with Gasteiger partial charge in [0, 0.05) is 18.8 Å². The Balaban J connectivity index is 1.58. The molecule has 29 heavy (non-hydrogen) atoms. The zero-order valence-corrected chi connectivity index (χ0v) is 16.0. The van der Waals surface area contributed by atoms with Crippen LogP contribution in [0.25, 0.3) is 11.0 Å². The first-order valence-electron chi connectivity index (χ1n) is 8.84. The Morgan fingerprint density at radius 3 is 2.72 bits per heavy atom. The van der Waals surface area contributed by atoms with Gasteiger partial charge < -0.3 is 16.4 Å². The van der Waals surface area contributed by atoms with Crippen molar-refractivity contribution in [1.82, 2.24) is 19.9 Å². The summed E-state index contributed by atoms with van der Waals surface area (Å²) >= 11 is 5.85. The fourth-order valence-electron chi connectivity index (χ4n) is 2.79. The van der Waals surface area contributed by atoms with E-state index < -0.39 is 5.82 Å². The minimum Gasteiger partial charge on any atom is -0.350 e. The van der Waals surface area contributed by atoms with Gasteiger partial charge in [-0.05, 0) is 29.3 Å². The van der Waals surface area contributed by atoms with Gasteiger partial charge in [-0.2, -0.15) is 0 Å². The van der Waals surface area contributed by atoms with E-state index in [4.69, 9.17) is 17.3 Å². The lowest BCUT2D eigenvalue weighted by atomic mass is 10.1. The second-order valence-electron chi connectivity index (χ2n) is 6.28. The fraction of sp³-hybridized carbons (Fsp3) is 0.100. The summed E-state index contributed by atoms with van der Waals surface area (Å²) in [6, 6.07) is 12.3. The maximum Gasteiger partial charge on any atom is 0.223 e. The van der Waals surface area contributed by atoms with Gasteiger partial charge in [-0.25, -0.2) is 24.3 Å². The average Bonchev–Trinajstić information content (AvgIpc) is 2.75. The molecule has 4 rings (SSSR count). The second kappa shape index (κ2) is 8.34. The van der Waals surface area contributed by atoms with Crippen molar-refractivity contribution in [1.29, 1.82) is 0 Å². The predicted molar refractivity (Wildman–Crippen MR) is 111 cm³/mol. The van der Waals surface area contributed by atoms with Gasteiger partial charge in [-0.15, -0.1) is 0 Å². The van der Waals surface area contributed by atoms with E-state index in [-0.39, 0.29) is 5.02 Å². The summed E-state index contributed by atoms with van der Waals surface area (Å²) in [5, 5.41) is 6.31. The molecule has 0 saturated carbocycles. The minimum absolute atomic E-state index is 0.0186. The number of benzene rings is 2. The van der Waals surface area contributed by atoms with Gasteiger partial charge in [0.05, 0.1) is 11.2 Å². The van der Waals surface area contributed by atoms with Crippen LogP contribution in [0.15, 0.2) is 55.0 Å². The highest BCUT2D eigenvalue weighted by Gasteiger charge is 2.09. The van der Waals surface area contributed by atoms with Crippen LogP contribution in [0.4, 0.5) is 21.8 Å². The lowest BCUT2D eigenvalue weighted by molar-refractivity contribution is 0.628. The summed E-state index contributed by atoms with van der Waals surface area (Å²) in [6.07, 6.45) is 3.02. The summed E-state index contributed by atoms with van der Waals surface area (Å²) < 4.78 is 13.4. The average molecular weight is 410 g/mol. The SMILES string of the molecule is NCc1cccc(CNc2ncc3ncnc(Nc4ccc(F)c(Cl)c4)c3n2)c1. The van der Waals surface area contributed by atoms with Crippen LogP contribution in [0.2, 0.25) is 5.02 Å². The summed E-state index contributed by atoms with van der Waals surface area (Å²) in [6.45, 7) is 1.03. The van der Waals surface area contributed by atoms with Gasteiger partial charge in [-0.1, -0.05) is 35.9 Å². The number of halogens is 2. The molecule has 0 amide bonds. The Bertz CT molecular complexity index is 1170. The maximum absolute atomic E-state index is 13.4. The first kappa shape index (κ1) is 19.0. The second-order valence-corrected chi connectivity index (χ2v) is 6.69. The van der Waals surface area contributed by atoms with Crippen LogP contribution >= 0.6 is 11.6 Å². The fourth-order valence-corrected chi connectivity index (χ4v) is 2.97. The van der Waals surface area contributed by atoms with Crippen molar-refractivity contribution < 1.29 is 4.39 Å². The Hall–Kier alpha value is -3.36. The van der Waals surface area contributed by atoms with E-state index >= 15 is 0 Å². The van der Waals surface area contributed by atoms with E-state index in [9.17, 15) is 4.39 Å². The van der Waals surface area contributed by atoms with E-state index in [1.807, 2.05) is 24.3 Å². The van der Waals surface area contributed by atoms with Crippen LogP contribution in [0.3, 0.4) is 0 Å². The molecule has 4 aromatic rings. The Morgan fingerprint density at radius 1 is 1.03 bits per heavy atom. The van der Waals surface area contributed by atoms with Crippen molar-refractivity contribution in [3.05, 3.63) is 77.0 Å². The van der Waals surface area contributed by atoms with Crippen LogP contribution in [0, 0.1) is 5.82 Å². The van der Waals surface area contributed by atoms with Gasteiger partial charge in [0.2, 0.25) is 5.95 Å². The molecule has 2 aromatic heterocycles. The standard InChI is InChI=1S/C20H17ClFN7/c21-15-7-14(4-5-16(15)22)28-19-18-17(26-11-27-19)10-25-20(29-18)24-9-13-3-1-2-12(6-13)8-23/h1-7,10-11H,8-9,23H2,(H,24,25,29)(H,26,27,28). The van der Waals surface area contributed by atoms with Crippen LogP contribution in [0.1, 0.15) is 11.1 Å². The van der Waals surface area contributed by atoms with Gasteiger partial charge in [0.1, 0.15) is 23.2 Å². The number of anilines is 3. The quantitative estimate of drug-likeness (QED) is 0.442. The van der Waals surface area contributed by atoms with Gasteiger partial charge >= 0.3 is 0 Å². The third-order valence-corrected chi connectivity index (χ3v) is 4.53. The van der Waals surface area contributed by atoms with Crippen molar-refractivity contribution in [3.63, 3.8) is 0 Å².